The molecule has 136 valence electrons. The normalized spacial score (nSPS) is 12.8. The number of halogens is 2. The van der Waals surface area contributed by atoms with E-state index in [4.69, 9.17) is 16.3 Å². The average molecular weight is 384 g/mol. The minimum Gasteiger partial charge on any atom is -0.491 e. The molecule has 2 N–H and O–H groups in total. The molecule has 0 amide bonds. The van der Waals surface area contributed by atoms with Crippen LogP contribution in [0.4, 0.5) is 0 Å². The van der Waals surface area contributed by atoms with E-state index < -0.39 is 6.10 Å². The van der Waals surface area contributed by atoms with Gasteiger partial charge in [-0.15, -0.1) is 12.4 Å². The van der Waals surface area contributed by atoms with Crippen molar-refractivity contribution in [3.8, 4) is 5.75 Å². The van der Waals surface area contributed by atoms with E-state index in [2.05, 4.69) is 5.32 Å². The van der Waals surface area contributed by atoms with Gasteiger partial charge >= 0.3 is 0 Å². The van der Waals surface area contributed by atoms with E-state index in [1.54, 1.807) is 24.3 Å². The van der Waals surface area contributed by atoms with E-state index in [-0.39, 0.29) is 30.8 Å². The molecule has 2 aromatic carbocycles. The summed E-state index contributed by atoms with van der Waals surface area (Å²) in [5.41, 5.74) is 1.74. The third-order valence-corrected chi connectivity index (χ3v) is 3.98. The molecule has 4 nitrogen and oxygen atoms in total. The van der Waals surface area contributed by atoms with E-state index in [1.165, 1.54) is 6.92 Å². The van der Waals surface area contributed by atoms with Gasteiger partial charge in [0.1, 0.15) is 18.5 Å². The second kappa shape index (κ2) is 10.4. The first kappa shape index (κ1) is 21.5. The zero-order chi connectivity index (χ0) is 17.5. The molecule has 0 aromatic heterocycles. The Hall–Kier alpha value is -1.59. The van der Waals surface area contributed by atoms with Crippen molar-refractivity contribution in [2.24, 2.45) is 0 Å². The Morgan fingerprint density at radius 2 is 1.76 bits per heavy atom. The number of ketones is 1. The molecule has 0 bridgehead atoms. The fraction of sp³-hybridized carbons (Fsp3) is 0.316. The first-order valence-electron chi connectivity index (χ1n) is 7.86. The Morgan fingerprint density at radius 3 is 2.32 bits per heavy atom. The van der Waals surface area contributed by atoms with Crippen molar-refractivity contribution in [3.63, 3.8) is 0 Å². The maximum Gasteiger partial charge on any atom is 0.159 e. The van der Waals surface area contributed by atoms with E-state index in [0.29, 0.717) is 22.9 Å². The third-order valence-electron chi connectivity index (χ3n) is 3.73. The number of carbonyl (C=O) groups is 1. The predicted octanol–water partition coefficient (Wildman–Crippen LogP) is 4.05. The van der Waals surface area contributed by atoms with Crippen molar-refractivity contribution >= 4 is 29.8 Å². The lowest BCUT2D eigenvalue weighted by molar-refractivity contribution is 0.101. The van der Waals surface area contributed by atoms with E-state index in [9.17, 15) is 9.90 Å². The number of carbonyl (C=O) groups excluding carboxylic acids is 1. The number of nitrogens with one attached hydrogen (secondary N) is 1. The largest absolute Gasteiger partial charge is 0.491 e. The molecule has 25 heavy (non-hydrogen) atoms. The van der Waals surface area contributed by atoms with Gasteiger partial charge in [-0.3, -0.25) is 4.79 Å². The molecule has 0 aliphatic rings. The van der Waals surface area contributed by atoms with Crippen molar-refractivity contribution in [1.29, 1.82) is 0 Å². The number of hydrogen-bond acceptors (Lipinski definition) is 4. The van der Waals surface area contributed by atoms with Gasteiger partial charge in [0.15, 0.2) is 5.78 Å². The number of ether oxygens (including phenoxy) is 1. The van der Waals surface area contributed by atoms with Gasteiger partial charge in [-0.1, -0.05) is 23.7 Å². The first-order valence-corrected chi connectivity index (χ1v) is 8.24. The number of aliphatic hydroxyl groups excluding tert-OH is 1. The summed E-state index contributed by atoms with van der Waals surface area (Å²) in [6, 6.07) is 14.6. The first-order chi connectivity index (χ1) is 11.5. The molecule has 0 saturated heterocycles. The molecule has 0 fully saturated rings. The molecule has 0 heterocycles. The van der Waals surface area contributed by atoms with E-state index in [0.717, 1.165) is 5.56 Å². The summed E-state index contributed by atoms with van der Waals surface area (Å²) in [6.07, 6.45) is -0.632. The number of Topliss-reactive ketones (excluding diaryl/α,β-unsaturated/α-hetero) is 1. The van der Waals surface area contributed by atoms with Crippen molar-refractivity contribution in [2.75, 3.05) is 13.2 Å². The lowest BCUT2D eigenvalue weighted by Crippen LogP contribution is -2.33. The molecular weight excluding hydrogens is 361 g/mol. The van der Waals surface area contributed by atoms with E-state index in [1.807, 2.05) is 31.2 Å². The second-order valence-electron chi connectivity index (χ2n) is 5.73. The van der Waals surface area contributed by atoms with Gasteiger partial charge in [0.2, 0.25) is 0 Å². The van der Waals surface area contributed by atoms with E-state index >= 15 is 0 Å². The highest BCUT2D eigenvalue weighted by Gasteiger charge is 2.10. The molecule has 2 rings (SSSR count). The number of hydrogen-bond donors (Lipinski definition) is 2. The Bertz CT molecular complexity index is 659. The predicted molar refractivity (Wildman–Crippen MR) is 103 cm³/mol. The van der Waals surface area contributed by atoms with Crippen molar-refractivity contribution in [1.82, 2.24) is 5.32 Å². The van der Waals surface area contributed by atoms with Crippen molar-refractivity contribution in [3.05, 3.63) is 64.7 Å². The zero-order valence-corrected chi connectivity index (χ0v) is 15.8. The zero-order valence-electron chi connectivity index (χ0n) is 14.2. The smallest absolute Gasteiger partial charge is 0.159 e. The standard InChI is InChI=1S/C19H22ClNO3.ClH/c1-13(15-3-7-17(20)8-4-15)21-11-18(23)12-24-19-9-5-16(6-10-19)14(2)22;/h3-10,13,18,21,23H,11-12H2,1-2H3;1H. The lowest BCUT2D eigenvalue weighted by Gasteiger charge is -2.18. The van der Waals surface area contributed by atoms with Gasteiger partial charge in [-0.05, 0) is 55.8 Å². The summed E-state index contributed by atoms with van der Waals surface area (Å²) in [5.74, 6) is 0.645. The molecule has 0 aliphatic heterocycles. The highest BCUT2D eigenvalue weighted by molar-refractivity contribution is 6.30. The fourth-order valence-corrected chi connectivity index (χ4v) is 2.35. The van der Waals surface area contributed by atoms with Crippen molar-refractivity contribution in [2.45, 2.75) is 26.0 Å². The molecular formula is C19H23Cl2NO3. The van der Waals surface area contributed by atoms with Crippen LogP contribution >= 0.6 is 24.0 Å². The topological polar surface area (TPSA) is 58.6 Å². The van der Waals surface area contributed by atoms with Crippen LogP contribution in [0, 0.1) is 0 Å². The summed E-state index contributed by atoms with van der Waals surface area (Å²) in [5, 5.41) is 14.0. The molecule has 2 aromatic rings. The molecule has 6 heteroatoms. The Balaban J connectivity index is 0.00000312. The molecule has 0 spiro atoms. The van der Waals surface area contributed by atoms with Crippen LogP contribution in [0.5, 0.6) is 5.75 Å². The molecule has 0 radical (unpaired) electrons. The summed E-state index contributed by atoms with van der Waals surface area (Å²) in [7, 11) is 0. The van der Waals surface area contributed by atoms with Gasteiger partial charge in [0.25, 0.3) is 0 Å². The van der Waals surface area contributed by atoms with Crippen LogP contribution in [0.25, 0.3) is 0 Å². The lowest BCUT2D eigenvalue weighted by atomic mass is 10.1. The van der Waals surface area contributed by atoms with Crippen LogP contribution in [0.1, 0.15) is 35.8 Å². The summed E-state index contributed by atoms with van der Waals surface area (Å²) in [4.78, 5) is 11.2. The quantitative estimate of drug-likeness (QED) is 0.674. The second-order valence-corrected chi connectivity index (χ2v) is 6.16. The van der Waals surface area contributed by atoms with Gasteiger partial charge in [-0.2, -0.15) is 0 Å². The molecule has 2 unspecified atom stereocenters. The van der Waals surface area contributed by atoms with Gasteiger partial charge in [-0.25, -0.2) is 0 Å². The maximum absolute atomic E-state index is 11.2. The van der Waals surface area contributed by atoms with Crippen LogP contribution in [0.15, 0.2) is 48.5 Å². The molecule has 0 aliphatic carbocycles. The van der Waals surface area contributed by atoms with Crippen LogP contribution in [0.3, 0.4) is 0 Å². The van der Waals surface area contributed by atoms with Gasteiger partial charge < -0.3 is 15.2 Å². The highest BCUT2D eigenvalue weighted by Crippen LogP contribution is 2.16. The Labute approximate surface area is 159 Å². The number of rotatable bonds is 8. The third kappa shape index (κ3) is 7.04. The monoisotopic (exact) mass is 383 g/mol. The summed E-state index contributed by atoms with van der Waals surface area (Å²) < 4.78 is 5.54. The fourth-order valence-electron chi connectivity index (χ4n) is 2.22. The molecule has 2 atom stereocenters. The average Bonchev–Trinajstić information content (AvgIpc) is 2.58. The number of aliphatic hydroxyl groups is 1. The Morgan fingerprint density at radius 1 is 1.16 bits per heavy atom. The van der Waals surface area contributed by atoms with Crippen LogP contribution in [-0.4, -0.2) is 30.1 Å². The van der Waals surface area contributed by atoms with Crippen LogP contribution in [0.2, 0.25) is 5.02 Å². The van der Waals surface area contributed by atoms with Gasteiger partial charge in [0, 0.05) is 23.2 Å². The maximum atomic E-state index is 11.2. The minimum absolute atomic E-state index is 0. The van der Waals surface area contributed by atoms with Crippen LogP contribution < -0.4 is 10.1 Å². The summed E-state index contributed by atoms with van der Waals surface area (Å²) in [6.45, 7) is 4.14. The van der Waals surface area contributed by atoms with Crippen LogP contribution in [-0.2, 0) is 0 Å². The Kier molecular flexibility index (Phi) is 8.93. The minimum atomic E-state index is -0.632. The number of benzene rings is 2. The van der Waals surface area contributed by atoms with Gasteiger partial charge in [0.05, 0.1) is 0 Å². The molecule has 0 saturated carbocycles. The SMILES string of the molecule is CC(=O)c1ccc(OCC(O)CNC(C)c2ccc(Cl)cc2)cc1.Cl. The highest BCUT2D eigenvalue weighted by atomic mass is 35.5. The summed E-state index contributed by atoms with van der Waals surface area (Å²) >= 11 is 5.87. The van der Waals surface area contributed by atoms with Crippen molar-refractivity contribution < 1.29 is 14.6 Å².